The van der Waals surface area contributed by atoms with E-state index >= 15 is 0 Å². The van der Waals surface area contributed by atoms with Crippen LogP contribution in [-0.2, 0) is 19.6 Å². The first-order chi connectivity index (χ1) is 8.99. The minimum absolute atomic E-state index is 0.0297. The summed E-state index contributed by atoms with van der Waals surface area (Å²) in [6.45, 7) is 0.930. The van der Waals surface area contributed by atoms with Crippen molar-refractivity contribution in [3.05, 3.63) is 0 Å². The topological polar surface area (TPSA) is 75.7 Å². The van der Waals surface area contributed by atoms with Crippen molar-refractivity contribution >= 4 is 27.5 Å². The molecule has 0 radical (unpaired) electrons. The molecule has 19 heavy (non-hydrogen) atoms. The molecule has 0 unspecified atom stereocenters. The molecule has 1 aliphatic heterocycles. The summed E-state index contributed by atoms with van der Waals surface area (Å²) in [7, 11) is -1.73. The van der Waals surface area contributed by atoms with Crippen molar-refractivity contribution in [3.63, 3.8) is 0 Å². The van der Waals surface area contributed by atoms with E-state index in [1.807, 2.05) is 0 Å². The van der Waals surface area contributed by atoms with Gasteiger partial charge in [-0.05, 0) is 19.3 Å². The Morgan fingerprint density at radius 3 is 2.58 bits per heavy atom. The number of carbonyl (C=O) groups is 1. The SMILES string of the molecule is COCC(=O)NC1CCN(S(=O)(=O)CCCCl)CC1. The Kier molecular flexibility index (Phi) is 7.06. The van der Waals surface area contributed by atoms with Crippen molar-refractivity contribution < 1.29 is 17.9 Å². The standard InChI is InChI=1S/C11H21ClN2O4S/c1-18-9-11(15)13-10-3-6-14(7-4-10)19(16,17)8-2-5-12/h10H,2-9H2,1H3,(H,13,15). The van der Waals surface area contributed by atoms with E-state index in [1.54, 1.807) is 0 Å². The third kappa shape index (κ3) is 5.64. The second-order valence-electron chi connectivity index (χ2n) is 4.53. The monoisotopic (exact) mass is 312 g/mol. The maximum Gasteiger partial charge on any atom is 0.246 e. The summed E-state index contributed by atoms with van der Waals surface area (Å²) in [4.78, 5) is 11.3. The highest BCUT2D eigenvalue weighted by molar-refractivity contribution is 7.89. The maximum absolute atomic E-state index is 11.9. The molecule has 1 rings (SSSR count). The molecule has 0 spiro atoms. The lowest BCUT2D eigenvalue weighted by Gasteiger charge is -2.31. The zero-order chi connectivity index (χ0) is 14.3. The molecule has 0 aromatic heterocycles. The fourth-order valence-electron chi connectivity index (χ4n) is 2.04. The molecule has 0 atom stereocenters. The predicted molar refractivity (Wildman–Crippen MR) is 73.7 cm³/mol. The number of halogens is 1. The highest BCUT2D eigenvalue weighted by Crippen LogP contribution is 2.15. The highest BCUT2D eigenvalue weighted by Gasteiger charge is 2.28. The van der Waals surface area contributed by atoms with E-state index in [1.165, 1.54) is 11.4 Å². The van der Waals surface area contributed by atoms with Gasteiger partial charge in [0.1, 0.15) is 6.61 Å². The fourth-order valence-corrected chi connectivity index (χ4v) is 3.87. The first kappa shape index (κ1) is 16.7. The van der Waals surface area contributed by atoms with E-state index in [0.29, 0.717) is 38.2 Å². The highest BCUT2D eigenvalue weighted by atomic mass is 35.5. The maximum atomic E-state index is 11.9. The second kappa shape index (κ2) is 8.04. The molecule has 0 bridgehead atoms. The van der Waals surface area contributed by atoms with Crippen molar-refractivity contribution in [3.8, 4) is 0 Å². The van der Waals surface area contributed by atoms with E-state index in [9.17, 15) is 13.2 Å². The lowest BCUT2D eigenvalue weighted by atomic mass is 10.1. The first-order valence-electron chi connectivity index (χ1n) is 6.31. The van der Waals surface area contributed by atoms with E-state index in [0.717, 1.165) is 0 Å². The van der Waals surface area contributed by atoms with Crippen molar-refractivity contribution in [1.29, 1.82) is 0 Å². The van der Waals surface area contributed by atoms with Gasteiger partial charge in [0.25, 0.3) is 0 Å². The summed E-state index contributed by atoms with van der Waals surface area (Å²) in [5.41, 5.74) is 0. The lowest BCUT2D eigenvalue weighted by molar-refractivity contribution is -0.125. The quantitative estimate of drug-likeness (QED) is 0.680. The van der Waals surface area contributed by atoms with Crippen LogP contribution in [0.1, 0.15) is 19.3 Å². The van der Waals surface area contributed by atoms with Crippen LogP contribution in [0.2, 0.25) is 0 Å². The van der Waals surface area contributed by atoms with Gasteiger partial charge in [0.2, 0.25) is 15.9 Å². The number of amides is 1. The van der Waals surface area contributed by atoms with Crippen molar-refractivity contribution in [1.82, 2.24) is 9.62 Å². The van der Waals surface area contributed by atoms with E-state index in [2.05, 4.69) is 5.32 Å². The number of hydrogen-bond donors (Lipinski definition) is 1. The second-order valence-corrected chi connectivity index (χ2v) is 7.00. The molecule has 0 aromatic carbocycles. The average Bonchev–Trinajstić information content (AvgIpc) is 2.37. The van der Waals surface area contributed by atoms with Gasteiger partial charge in [-0.2, -0.15) is 0 Å². The molecule has 1 saturated heterocycles. The molecular formula is C11H21ClN2O4S. The molecule has 1 fully saturated rings. The molecule has 8 heteroatoms. The van der Waals surface area contributed by atoms with Crippen molar-refractivity contribution in [2.75, 3.05) is 38.4 Å². The van der Waals surface area contributed by atoms with Gasteiger partial charge in [-0.15, -0.1) is 11.6 Å². The molecule has 0 saturated carbocycles. The van der Waals surface area contributed by atoms with Crippen LogP contribution in [0.15, 0.2) is 0 Å². The minimum Gasteiger partial charge on any atom is -0.375 e. The molecular weight excluding hydrogens is 292 g/mol. The lowest BCUT2D eigenvalue weighted by Crippen LogP contribution is -2.47. The zero-order valence-corrected chi connectivity index (χ0v) is 12.7. The molecule has 1 heterocycles. The van der Waals surface area contributed by atoms with Crippen molar-refractivity contribution in [2.45, 2.75) is 25.3 Å². The summed E-state index contributed by atoms with van der Waals surface area (Å²) >= 11 is 5.51. The summed E-state index contributed by atoms with van der Waals surface area (Å²) < 4.78 is 30.1. The average molecular weight is 313 g/mol. The molecule has 112 valence electrons. The summed E-state index contributed by atoms with van der Waals surface area (Å²) in [6, 6.07) is 0.0297. The number of ether oxygens (including phenoxy) is 1. The molecule has 1 aliphatic rings. The number of hydrogen-bond acceptors (Lipinski definition) is 4. The number of methoxy groups -OCH3 is 1. The Bertz CT molecular complexity index is 380. The van der Waals surface area contributed by atoms with Crippen LogP contribution in [0.5, 0.6) is 0 Å². The molecule has 6 nitrogen and oxygen atoms in total. The third-order valence-corrected chi connectivity index (χ3v) is 5.25. The van der Waals surface area contributed by atoms with E-state index < -0.39 is 10.0 Å². The van der Waals surface area contributed by atoms with Crippen LogP contribution in [0.25, 0.3) is 0 Å². The summed E-state index contributed by atoms with van der Waals surface area (Å²) in [5.74, 6) is 0.283. The van der Waals surface area contributed by atoms with Gasteiger partial charge in [0, 0.05) is 32.1 Å². The summed E-state index contributed by atoms with van der Waals surface area (Å²) in [5, 5.41) is 2.83. The van der Waals surface area contributed by atoms with E-state index in [4.69, 9.17) is 16.3 Å². The first-order valence-corrected chi connectivity index (χ1v) is 8.46. The van der Waals surface area contributed by atoms with Crippen LogP contribution < -0.4 is 5.32 Å². The van der Waals surface area contributed by atoms with Gasteiger partial charge in [-0.25, -0.2) is 12.7 Å². The van der Waals surface area contributed by atoms with Crippen LogP contribution in [0.3, 0.4) is 0 Å². The predicted octanol–water partition coefficient (Wildman–Crippen LogP) is 0.172. The Labute approximate surface area is 119 Å². The molecule has 0 aliphatic carbocycles. The van der Waals surface area contributed by atoms with E-state index in [-0.39, 0.29) is 24.3 Å². The van der Waals surface area contributed by atoms with Gasteiger partial charge in [-0.1, -0.05) is 0 Å². The van der Waals surface area contributed by atoms with Gasteiger partial charge in [0.15, 0.2) is 0 Å². The normalized spacial score (nSPS) is 18.4. The van der Waals surface area contributed by atoms with Crippen LogP contribution in [-0.4, -0.2) is 63.1 Å². The van der Waals surface area contributed by atoms with Crippen LogP contribution in [0.4, 0.5) is 0 Å². The smallest absolute Gasteiger partial charge is 0.246 e. The number of sulfonamides is 1. The molecule has 1 amide bonds. The third-order valence-electron chi connectivity index (χ3n) is 3.02. The molecule has 0 aromatic rings. The Morgan fingerprint density at radius 2 is 2.05 bits per heavy atom. The Morgan fingerprint density at radius 1 is 1.42 bits per heavy atom. The number of nitrogens with zero attached hydrogens (tertiary/aromatic N) is 1. The summed E-state index contributed by atoms with van der Waals surface area (Å²) in [6.07, 6.45) is 1.74. The Balaban J connectivity index is 2.38. The Hall–Kier alpha value is -0.370. The van der Waals surface area contributed by atoms with Gasteiger partial charge < -0.3 is 10.1 Å². The largest absolute Gasteiger partial charge is 0.375 e. The van der Waals surface area contributed by atoms with Crippen molar-refractivity contribution in [2.24, 2.45) is 0 Å². The number of piperidine rings is 1. The number of carbonyl (C=O) groups excluding carboxylic acids is 1. The van der Waals surface area contributed by atoms with Gasteiger partial charge in [-0.3, -0.25) is 4.79 Å². The van der Waals surface area contributed by atoms with Crippen LogP contribution >= 0.6 is 11.6 Å². The van der Waals surface area contributed by atoms with Gasteiger partial charge >= 0.3 is 0 Å². The fraction of sp³-hybridized carbons (Fsp3) is 0.909. The minimum atomic E-state index is -3.20. The number of rotatable bonds is 7. The number of alkyl halides is 1. The van der Waals surface area contributed by atoms with Crippen LogP contribution in [0, 0.1) is 0 Å². The van der Waals surface area contributed by atoms with Gasteiger partial charge in [0.05, 0.1) is 5.75 Å². The molecule has 1 N–H and O–H groups in total. The zero-order valence-electron chi connectivity index (χ0n) is 11.1. The number of nitrogens with one attached hydrogen (secondary N) is 1.